The van der Waals surface area contributed by atoms with Crippen molar-refractivity contribution in [1.82, 2.24) is 44.9 Å². The van der Waals surface area contributed by atoms with Crippen LogP contribution in [-0.4, -0.2) is 234 Å². The third-order valence-electron chi connectivity index (χ3n) is 11.8. The molecule has 0 spiro atoms. The van der Waals surface area contributed by atoms with E-state index in [0.717, 1.165) is 22.8 Å². The van der Waals surface area contributed by atoms with Crippen LogP contribution < -0.4 is 44.5 Å². The number of carbonyl (C=O) groups excluding carboxylic acids is 5. The van der Waals surface area contributed by atoms with Crippen molar-refractivity contribution in [1.29, 1.82) is 31.6 Å². The molecule has 0 aliphatic heterocycles. The van der Waals surface area contributed by atoms with Crippen molar-refractivity contribution < 1.29 is 51.6 Å². The molecule has 29 nitrogen and oxygen atoms in total. The minimum absolute atomic E-state index is 0. The van der Waals surface area contributed by atoms with E-state index in [1.165, 1.54) is 72.7 Å². The van der Waals surface area contributed by atoms with Crippen molar-refractivity contribution in [3.63, 3.8) is 0 Å². The van der Waals surface area contributed by atoms with Crippen LogP contribution in [0.4, 0.5) is 22.7 Å². The van der Waals surface area contributed by atoms with Gasteiger partial charge in [0, 0.05) is 220 Å². The quantitative estimate of drug-likeness (QED) is 0.0642. The number of aromatic hydroxyl groups is 1. The molecular formula is C64H67FeK3N19O10. The van der Waals surface area contributed by atoms with Gasteiger partial charge in [-0.15, -0.1) is 0 Å². The van der Waals surface area contributed by atoms with Crippen LogP contribution in [0.2, 0.25) is 0 Å². The predicted octanol–water partition coefficient (Wildman–Crippen LogP) is 5.26. The fraction of sp³-hybridized carbons (Fsp3) is 0.156. The molecule has 11 N–H and O–H groups in total. The summed E-state index contributed by atoms with van der Waals surface area (Å²) in [6, 6.07) is 34.3. The number of nitrogens with two attached hydrogens (primary N) is 1. The van der Waals surface area contributed by atoms with Crippen molar-refractivity contribution in [2.75, 3.05) is 11.1 Å². The average Bonchev–Trinajstić information content (AvgIpc) is 1.66. The van der Waals surface area contributed by atoms with E-state index in [4.69, 9.17) is 81.8 Å². The Hall–Kier alpha value is -8.15. The fourth-order valence-electron chi connectivity index (χ4n) is 7.79. The first-order chi connectivity index (χ1) is 43.1. The molecule has 0 saturated heterocycles. The van der Waals surface area contributed by atoms with E-state index >= 15 is 0 Å². The Morgan fingerprint density at radius 3 is 1.02 bits per heavy atom. The number of hydrogen-bond donors (Lipinski definition) is 6. The van der Waals surface area contributed by atoms with Crippen LogP contribution in [0.1, 0.15) is 45.3 Å². The monoisotopic (exact) mass is 1430 g/mol. The van der Waals surface area contributed by atoms with Crippen LogP contribution in [0.3, 0.4) is 0 Å². The number of aromatic nitrogens is 6. The summed E-state index contributed by atoms with van der Waals surface area (Å²) in [5, 5.41) is 54.2. The number of anilines is 2. The number of rotatable bonds is 8. The molecule has 0 fully saturated rings. The Kier molecular flexibility index (Phi) is 60.5. The molecule has 2 aliphatic rings. The average molecular weight is 1440 g/mol. The topological polar surface area (TPSA) is 482 Å². The molecule has 0 saturated carbocycles. The molecular weight excluding hydrogens is 1370 g/mol. The van der Waals surface area contributed by atoms with Gasteiger partial charge in [-0.1, -0.05) is 68.1 Å². The zero-order valence-electron chi connectivity index (χ0n) is 54.5. The van der Waals surface area contributed by atoms with Gasteiger partial charge in [-0.3, -0.25) is 52.4 Å². The fourth-order valence-corrected chi connectivity index (χ4v) is 7.79. The van der Waals surface area contributed by atoms with Crippen molar-refractivity contribution in [3.8, 4) is 22.8 Å². The Labute approximate surface area is 700 Å². The molecule has 9 rings (SSSR count). The number of nitrogens with one attached hydrogen (secondary N) is 3. The number of para-hydroxylation sites is 3. The molecule has 97 heavy (non-hydrogen) atoms. The third kappa shape index (κ3) is 31.3. The maximum Gasteiger partial charge on any atom is 6.00 e. The van der Waals surface area contributed by atoms with Crippen LogP contribution in [0.15, 0.2) is 187 Å². The summed E-state index contributed by atoms with van der Waals surface area (Å²) in [6.45, 7) is 38.0. The van der Waals surface area contributed by atoms with Gasteiger partial charge in [-0.05, 0) is 93.6 Å². The second kappa shape index (κ2) is 55.9. The number of hydrogen-bond acceptors (Lipinski definition) is 19. The summed E-state index contributed by atoms with van der Waals surface area (Å²) in [5.74, 6) is -1.14. The second-order valence-corrected chi connectivity index (χ2v) is 17.5. The van der Waals surface area contributed by atoms with Gasteiger partial charge in [-0.2, -0.15) is 0 Å². The Morgan fingerprint density at radius 1 is 0.464 bits per heavy atom. The molecule has 3 amide bonds. The van der Waals surface area contributed by atoms with Gasteiger partial charge in [-0.25, -0.2) is 24.0 Å². The molecule has 33 heteroatoms. The van der Waals surface area contributed by atoms with E-state index in [-0.39, 0.29) is 265 Å². The van der Waals surface area contributed by atoms with Crippen LogP contribution in [0.5, 0.6) is 5.75 Å². The molecule has 0 bridgehead atoms. The van der Waals surface area contributed by atoms with Gasteiger partial charge in [0.2, 0.25) is 17.7 Å². The Bertz CT molecular complexity index is 3970. The van der Waals surface area contributed by atoms with E-state index in [0.29, 0.717) is 34.2 Å². The van der Waals surface area contributed by atoms with Gasteiger partial charge in [0.05, 0.1) is 57.0 Å². The molecule has 7 aromatic rings. The number of allylic oxidation sites excluding steroid dienone is 6. The number of aliphatic imine (C=N–C) groups is 2. The van der Waals surface area contributed by atoms with E-state index in [1.54, 1.807) is 64.9 Å². The van der Waals surface area contributed by atoms with Crippen molar-refractivity contribution in [3.05, 3.63) is 251 Å². The number of nitrogen functional groups attached to an aromatic ring is 1. The molecule has 2 aliphatic carbocycles. The van der Waals surface area contributed by atoms with E-state index in [9.17, 15) is 38.4 Å². The molecule has 3 radical (unpaired) electrons. The number of carbonyl (C=O) groups is 5. The summed E-state index contributed by atoms with van der Waals surface area (Å²) in [7, 11) is 5.37. The maximum atomic E-state index is 12.9. The zero-order valence-corrected chi connectivity index (χ0v) is 65.0. The van der Waals surface area contributed by atoms with Gasteiger partial charge >= 0.3 is 17.1 Å². The van der Waals surface area contributed by atoms with Crippen molar-refractivity contribution in [2.45, 2.75) is 49.0 Å². The van der Waals surface area contributed by atoms with Crippen molar-refractivity contribution in [2.24, 2.45) is 31.1 Å². The molecule has 0 atom stereocenters. The molecule has 3 aromatic heterocycles. The largest absolute Gasteiger partial charge is 6.00 e. The summed E-state index contributed by atoms with van der Waals surface area (Å²) in [5.41, 5.74) is 12.0. The normalized spacial score (nSPS) is 11.0. The summed E-state index contributed by atoms with van der Waals surface area (Å²) < 4.78 is 9.80. The zero-order chi connectivity index (χ0) is 69.0. The minimum atomic E-state index is -0.321. The minimum Gasteiger partial charge on any atom is -0.512 e. The molecule has 489 valence electrons. The first-order valence-corrected chi connectivity index (χ1v) is 25.4. The van der Waals surface area contributed by atoms with Crippen LogP contribution in [-0.2, 0) is 62.2 Å². The number of amides is 3. The standard InChI is InChI=1S/2C19H18N4O3.C11H13N3O.C8H9NO2.6CN.CH4.Fe.3K.H3N.H2O/c2*1-12-18(19(26)23(22(12)3)14-7-5-4-6-8-14)21-16-10-9-15(25)11-17(16)20-13(2)24;1-8-10(12)11(15)14(13(8)2)9-6-4-3-5-7-9;1-6(10)9-7-3-2-4-8(11)5-7;6*1-2;;;;;;;/h2*4-11H,1-3H3,(H,20,24);3-7H,12H2,1-2H3;2-5,11H,1H3,(H,9,10);;;;;;;1H4;;;;;1H3;1H2/q;;;;6*-1;;+6;;;;;. The smallest absolute Gasteiger partial charge is 0.512 e. The van der Waals surface area contributed by atoms with Gasteiger partial charge in [0.15, 0.2) is 22.9 Å². The number of ketones is 2. The SMILES string of the molecule is C.CC(=O)NC1=CC(=O)C=CC1=Nc1c(C)n(C)n(-c2ccccc2)c1=O.CC(=O)NC1=CC(=O)C=CC1=Nc1c(C)n(C)n(-c2ccccc2)c1=O.CC(=O)Nc1cccc(O)c1.Cc1c(N)c(=O)n(-c2ccccc2)n1C.N.O.[C-]#N.[C-]#N.[C-]#N.[C-]#N.[C-]#N.[C-]#N.[Fe+6].[K].[K].[K]. The molecule has 3 heterocycles. The maximum absolute atomic E-state index is 12.9. The first kappa shape index (κ1) is 105. The Balaban J connectivity index is -0.000000174. The van der Waals surface area contributed by atoms with E-state index in [2.05, 4.69) is 25.9 Å². The number of phenols is 1. The number of benzene rings is 4. The summed E-state index contributed by atoms with van der Waals surface area (Å²) >= 11 is 0. The first-order valence-electron chi connectivity index (χ1n) is 25.4. The van der Waals surface area contributed by atoms with Crippen LogP contribution in [0, 0.1) is 91.8 Å². The predicted molar refractivity (Wildman–Crippen MR) is 363 cm³/mol. The number of nitrogens with zero attached hydrogens (tertiary/aromatic N) is 14. The van der Waals surface area contributed by atoms with Crippen molar-refractivity contribution >= 4 is 218 Å². The van der Waals surface area contributed by atoms with Gasteiger partial charge in [0.25, 0.3) is 16.7 Å². The summed E-state index contributed by atoms with van der Waals surface area (Å²) in [4.78, 5) is 103. The molecule has 0 unspecified atom stereocenters. The van der Waals surface area contributed by atoms with E-state index < -0.39 is 0 Å². The van der Waals surface area contributed by atoms with Gasteiger partial charge in [0.1, 0.15) is 11.4 Å². The third-order valence-corrected chi connectivity index (χ3v) is 11.8. The van der Waals surface area contributed by atoms with E-state index in [1.807, 2.05) is 105 Å². The Morgan fingerprint density at radius 2 is 0.753 bits per heavy atom. The number of phenolic OH excluding ortho intramolecular Hbond substituents is 1. The summed E-state index contributed by atoms with van der Waals surface area (Å²) in [6.07, 6.45) is 8.25. The van der Waals surface area contributed by atoms with Crippen LogP contribution >= 0.6 is 0 Å². The molecule has 4 aromatic carbocycles. The second-order valence-electron chi connectivity index (χ2n) is 17.5. The van der Waals surface area contributed by atoms with Crippen LogP contribution in [0.25, 0.3) is 17.1 Å². The van der Waals surface area contributed by atoms with Gasteiger partial charge < -0.3 is 109 Å².